The van der Waals surface area contributed by atoms with Crippen molar-refractivity contribution >= 4 is 11.8 Å². The minimum absolute atomic E-state index is 0.0487. The molecule has 132 valence electrons. The zero-order chi connectivity index (χ0) is 17.8. The number of ketones is 1. The average Bonchev–Trinajstić information content (AvgIpc) is 2.57. The van der Waals surface area contributed by atoms with Crippen LogP contribution in [0.4, 0.5) is 0 Å². The van der Waals surface area contributed by atoms with Crippen molar-refractivity contribution in [1.82, 2.24) is 0 Å². The molecule has 0 radical (unpaired) electrons. The molecular weight excluding hydrogens is 300 g/mol. The van der Waals surface area contributed by atoms with Gasteiger partial charge in [0.2, 0.25) is 0 Å². The molecule has 3 heteroatoms. The quantitative estimate of drug-likeness (QED) is 0.548. The number of fused-ring (bicyclic) bond motifs is 2. The third kappa shape index (κ3) is 2.16. The van der Waals surface area contributed by atoms with Gasteiger partial charge in [-0.15, -0.1) is 6.58 Å². The summed E-state index contributed by atoms with van der Waals surface area (Å²) in [6.45, 7) is 10.3. The van der Waals surface area contributed by atoms with Crippen molar-refractivity contribution in [2.75, 3.05) is 7.11 Å². The van der Waals surface area contributed by atoms with Crippen LogP contribution in [0.2, 0.25) is 0 Å². The Morgan fingerprint density at radius 3 is 2.54 bits per heavy atom. The van der Waals surface area contributed by atoms with Gasteiger partial charge in [-0.3, -0.25) is 9.59 Å². The molecule has 2 unspecified atom stereocenters. The number of carbonyl (C=O) groups is 2. The normalized spacial score (nSPS) is 42.2. The van der Waals surface area contributed by atoms with Gasteiger partial charge >= 0.3 is 5.97 Å². The Labute approximate surface area is 145 Å². The lowest BCUT2D eigenvalue weighted by Gasteiger charge is -2.56. The number of ether oxygens (including phenoxy) is 1. The zero-order valence-corrected chi connectivity index (χ0v) is 15.5. The second-order valence-corrected chi connectivity index (χ2v) is 8.68. The summed E-state index contributed by atoms with van der Waals surface area (Å²) in [5, 5.41) is 0. The average molecular weight is 330 g/mol. The lowest BCUT2D eigenvalue weighted by molar-refractivity contribution is -0.163. The first-order valence-electron chi connectivity index (χ1n) is 9.22. The van der Waals surface area contributed by atoms with E-state index in [1.165, 1.54) is 12.7 Å². The van der Waals surface area contributed by atoms with Gasteiger partial charge in [-0.1, -0.05) is 25.0 Å². The van der Waals surface area contributed by atoms with Gasteiger partial charge in [0, 0.05) is 5.41 Å². The fraction of sp³-hybridized carbons (Fsp3) is 0.714. The van der Waals surface area contributed by atoms with Gasteiger partial charge in [0.25, 0.3) is 0 Å². The first-order chi connectivity index (χ1) is 11.2. The third-order valence-corrected chi connectivity index (χ3v) is 7.46. The van der Waals surface area contributed by atoms with Gasteiger partial charge in [-0.25, -0.2) is 0 Å². The van der Waals surface area contributed by atoms with Crippen molar-refractivity contribution in [3.63, 3.8) is 0 Å². The molecule has 0 saturated heterocycles. The van der Waals surface area contributed by atoms with Gasteiger partial charge in [-0.05, 0) is 69.3 Å². The summed E-state index contributed by atoms with van der Waals surface area (Å²) < 4.78 is 5.16. The monoisotopic (exact) mass is 330 g/mol. The SMILES string of the molecule is C=C[C@@]1(C)CCC2=C(CCC3C2(C)CCC[C@]3(C)C(=O)OC)C1=O. The van der Waals surface area contributed by atoms with E-state index < -0.39 is 10.8 Å². The highest BCUT2D eigenvalue weighted by Crippen LogP contribution is 2.62. The number of Topliss-reactive ketones (excluding diaryl/α,β-unsaturated/α-hetero) is 1. The first kappa shape index (κ1) is 17.4. The third-order valence-electron chi connectivity index (χ3n) is 7.46. The topological polar surface area (TPSA) is 43.4 Å². The summed E-state index contributed by atoms with van der Waals surface area (Å²) >= 11 is 0. The van der Waals surface area contributed by atoms with E-state index in [9.17, 15) is 9.59 Å². The van der Waals surface area contributed by atoms with Crippen LogP contribution >= 0.6 is 0 Å². The Morgan fingerprint density at radius 1 is 1.21 bits per heavy atom. The highest BCUT2D eigenvalue weighted by molar-refractivity contribution is 6.02. The van der Waals surface area contributed by atoms with Crippen molar-refractivity contribution < 1.29 is 14.3 Å². The fourth-order valence-corrected chi connectivity index (χ4v) is 5.86. The summed E-state index contributed by atoms with van der Waals surface area (Å²) in [7, 11) is 1.49. The highest BCUT2D eigenvalue weighted by Gasteiger charge is 2.58. The molecule has 0 aromatic heterocycles. The summed E-state index contributed by atoms with van der Waals surface area (Å²) in [4.78, 5) is 25.6. The van der Waals surface area contributed by atoms with Crippen LogP contribution in [0.5, 0.6) is 0 Å². The molecule has 0 heterocycles. The summed E-state index contributed by atoms with van der Waals surface area (Å²) in [6.07, 6.45) is 8.29. The van der Waals surface area contributed by atoms with E-state index in [1.807, 2.05) is 13.0 Å². The van der Waals surface area contributed by atoms with Crippen molar-refractivity contribution in [3.8, 4) is 0 Å². The number of methoxy groups -OCH3 is 1. The Kier molecular flexibility index (Phi) is 4.05. The molecule has 3 aliphatic carbocycles. The first-order valence-corrected chi connectivity index (χ1v) is 9.22. The lowest BCUT2D eigenvalue weighted by atomic mass is 9.47. The molecule has 3 rings (SSSR count). The molecule has 0 spiro atoms. The number of allylic oxidation sites excluding steroid dienone is 3. The van der Waals surface area contributed by atoms with Gasteiger partial charge in [0.15, 0.2) is 5.78 Å². The largest absolute Gasteiger partial charge is 0.469 e. The van der Waals surface area contributed by atoms with E-state index >= 15 is 0 Å². The minimum atomic E-state index is -0.428. The van der Waals surface area contributed by atoms with Gasteiger partial charge < -0.3 is 4.74 Å². The summed E-state index contributed by atoms with van der Waals surface area (Å²) in [6, 6.07) is 0. The molecule has 0 bridgehead atoms. The predicted molar refractivity (Wildman–Crippen MR) is 94.4 cm³/mol. The molecule has 0 aromatic rings. The predicted octanol–water partition coefficient (Wildman–Crippen LogP) is 4.62. The number of esters is 1. The Bertz CT molecular complexity index is 631. The minimum Gasteiger partial charge on any atom is -0.469 e. The number of hydrogen-bond donors (Lipinski definition) is 0. The van der Waals surface area contributed by atoms with E-state index in [-0.39, 0.29) is 23.1 Å². The highest BCUT2D eigenvalue weighted by atomic mass is 16.5. The van der Waals surface area contributed by atoms with E-state index in [2.05, 4.69) is 20.4 Å². The Morgan fingerprint density at radius 2 is 1.92 bits per heavy atom. The van der Waals surface area contributed by atoms with E-state index in [1.54, 1.807) is 0 Å². The summed E-state index contributed by atoms with van der Waals surface area (Å²) in [5.74, 6) is 0.454. The molecule has 3 aliphatic rings. The maximum atomic E-state index is 13.1. The number of hydrogen-bond acceptors (Lipinski definition) is 3. The van der Waals surface area contributed by atoms with Crippen molar-refractivity contribution in [2.45, 2.75) is 65.7 Å². The second kappa shape index (κ2) is 5.57. The van der Waals surface area contributed by atoms with Crippen LogP contribution in [0.1, 0.15) is 65.7 Å². The zero-order valence-electron chi connectivity index (χ0n) is 15.5. The van der Waals surface area contributed by atoms with Gasteiger partial charge in [0.05, 0.1) is 12.5 Å². The molecule has 24 heavy (non-hydrogen) atoms. The molecular formula is C21H30O3. The van der Waals surface area contributed by atoms with Gasteiger partial charge in [0.1, 0.15) is 0 Å². The molecule has 1 saturated carbocycles. The van der Waals surface area contributed by atoms with Crippen LogP contribution in [-0.4, -0.2) is 18.9 Å². The van der Waals surface area contributed by atoms with Crippen LogP contribution in [-0.2, 0) is 14.3 Å². The Hall–Kier alpha value is -1.38. The van der Waals surface area contributed by atoms with Crippen molar-refractivity contribution in [3.05, 3.63) is 23.8 Å². The molecule has 0 aromatic carbocycles. The smallest absolute Gasteiger partial charge is 0.311 e. The number of rotatable bonds is 2. The molecule has 0 amide bonds. The Balaban J connectivity index is 2.06. The van der Waals surface area contributed by atoms with E-state index in [4.69, 9.17) is 4.74 Å². The van der Waals surface area contributed by atoms with E-state index in [0.717, 1.165) is 50.5 Å². The van der Waals surface area contributed by atoms with Crippen LogP contribution < -0.4 is 0 Å². The van der Waals surface area contributed by atoms with Crippen LogP contribution in [0.25, 0.3) is 0 Å². The maximum absolute atomic E-state index is 13.1. The molecule has 4 atom stereocenters. The maximum Gasteiger partial charge on any atom is 0.311 e. The van der Waals surface area contributed by atoms with Gasteiger partial charge in [-0.2, -0.15) is 0 Å². The van der Waals surface area contributed by atoms with Crippen LogP contribution in [0.15, 0.2) is 23.8 Å². The summed E-state index contributed by atoms with van der Waals surface area (Å²) in [5.41, 5.74) is 1.48. The standard InChI is InChI=1S/C21H30O3/c1-6-19(2)13-10-15-14(17(19)22)8-9-16-20(15,3)11-7-12-21(16,4)18(23)24-5/h6,16H,1,7-13H2,2-5H3/t16?,19-,20?,21-/m0/s1. The van der Waals surface area contributed by atoms with E-state index in [0.29, 0.717) is 0 Å². The van der Waals surface area contributed by atoms with Crippen molar-refractivity contribution in [1.29, 1.82) is 0 Å². The molecule has 0 N–H and O–H groups in total. The fourth-order valence-electron chi connectivity index (χ4n) is 5.86. The molecule has 1 fully saturated rings. The lowest BCUT2D eigenvalue weighted by Crippen LogP contribution is -2.52. The van der Waals surface area contributed by atoms with Crippen LogP contribution in [0.3, 0.4) is 0 Å². The number of carbonyl (C=O) groups excluding carboxylic acids is 2. The molecule has 3 nitrogen and oxygen atoms in total. The van der Waals surface area contributed by atoms with Crippen molar-refractivity contribution in [2.24, 2.45) is 22.2 Å². The van der Waals surface area contributed by atoms with Crippen LogP contribution in [0, 0.1) is 22.2 Å². The molecule has 0 aliphatic heterocycles. The second-order valence-electron chi connectivity index (χ2n) is 8.68.